The first kappa shape index (κ1) is 14.3. The Hall–Kier alpha value is -3.34. The van der Waals surface area contributed by atoms with Crippen LogP contribution in [0.25, 0.3) is 22.2 Å². The molecule has 0 atom stereocenters. The second kappa shape index (κ2) is 5.70. The van der Waals surface area contributed by atoms with Gasteiger partial charge >= 0.3 is 0 Å². The molecule has 2 heterocycles. The number of imidazole rings is 1. The van der Waals surface area contributed by atoms with Gasteiger partial charge in [0.1, 0.15) is 11.5 Å². The number of benzene rings is 2. The van der Waals surface area contributed by atoms with Crippen molar-refractivity contribution in [1.29, 1.82) is 0 Å². The number of aromatic nitrogens is 3. The minimum atomic E-state index is 0.710. The Bertz CT molecular complexity index is 1010. The average Bonchev–Trinajstić information content (AvgIpc) is 3.03. The highest BCUT2D eigenvalue weighted by Crippen LogP contribution is 2.31. The summed E-state index contributed by atoms with van der Waals surface area (Å²) in [7, 11) is 1.95. The van der Waals surface area contributed by atoms with Crippen molar-refractivity contribution in [2.24, 2.45) is 7.05 Å². The molecule has 5 heteroatoms. The summed E-state index contributed by atoms with van der Waals surface area (Å²) < 4.78 is 7.91. The van der Waals surface area contributed by atoms with Gasteiger partial charge in [0.05, 0.1) is 17.5 Å². The number of hydrogen-bond donors (Lipinski definition) is 1. The van der Waals surface area contributed by atoms with Gasteiger partial charge in [-0.05, 0) is 42.5 Å². The molecule has 0 fully saturated rings. The molecule has 2 N–H and O–H groups in total. The number of hydrogen-bond acceptors (Lipinski definition) is 4. The first-order valence-electron chi connectivity index (χ1n) is 7.59. The molecule has 2 aromatic carbocycles. The van der Waals surface area contributed by atoms with Crippen molar-refractivity contribution >= 4 is 16.6 Å². The molecule has 0 spiro atoms. The van der Waals surface area contributed by atoms with Gasteiger partial charge in [-0.1, -0.05) is 6.07 Å². The van der Waals surface area contributed by atoms with E-state index in [4.69, 9.17) is 10.5 Å². The second-order valence-electron chi connectivity index (χ2n) is 5.64. The van der Waals surface area contributed by atoms with Gasteiger partial charge in [0, 0.05) is 36.1 Å². The van der Waals surface area contributed by atoms with Crippen LogP contribution in [0.1, 0.15) is 0 Å². The Labute approximate surface area is 139 Å². The largest absolute Gasteiger partial charge is 0.457 e. The Morgan fingerprint density at radius 3 is 2.58 bits per heavy atom. The van der Waals surface area contributed by atoms with Crippen LogP contribution in [-0.2, 0) is 7.05 Å². The molecule has 0 bridgehead atoms. The number of anilines is 1. The monoisotopic (exact) mass is 316 g/mol. The van der Waals surface area contributed by atoms with Gasteiger partial charge in [-0.2, -0.15) is 0 Å². The molecule has 0 unspecified atom stereocenters. The summed E-state index contributed by atoms with van der Waals surface area (Å²) in [5.41, 5.74) is 9.24. The minimum Gasteiger partial charge on any atom is -0.457 e. The molecule has 0 radical (unpaired) electrons. The van der Waals surface area contributed by atoms with Gasteiger partial charge in [0.25, 0.3) is 0 Å². The second-order valence-corrected chi connectivity index (χ2v) is 5.64. The zero-order chi connectivity index (χ0) is 16.5. The fourth-order valence-electron chi connectivity index (χ4n) is 2.59. The normalized spacial score (nSPS) is 10.9. The molecule has 0 aliphatic rings. The van der Waals surface area contributed by atoms with Crippen LogP contribution < -0.4 is 10.5 Å². The summed E-state index contributed by atoms with van der Waals surface area (Å²) in [6.45, 7) is 0. The van der Waals surface area contributed by atoms with Gasteiger partial charge in [-0.3, -0.25) is 4.98 Å². The lowest BCUT2D eigenvalue weighted by Crippen LogP contribution is -1.89. The summed E-state index contributed by atoms with van der Waals surface area (Å²) in [5, 5.41) is 0.953. The SMILES string of the molecule is Cn1cnc(-c2ccc3c(Oc4ccc(N)cc4)ccnc3c2)c1. The van der Waals surface area contributed by atoms with Crippen LogP contribution in [0.2, 0.25) is 0 Å². The fourth-order valence-corrected chi connectivity index (χ4v) is 2.59. The molecule has 0 aliphatic heterocycles. The highest BCUT2D eigenvalue weighted by molar-refractivity contribution is 5.88. The van der Waals surface area contributed by atoms with Crippen LogP contribution in [0.4, 0.5) is 5.69 Å². The quantitative estimate of drug-likeness (QED) is 0.580. The van der Waals surface area contributed by atoms with Gasteiger partial charge < -0.3 is 15.0 Å². The van der Waals surface area contributed by atoms with Crippen molar-refractivity contribution in [2.45, 2.75) is 0 Å². The van der Waals surface area contributed by atoms with Gasteiger partial charge in [-0.25, -0.2) is 4.98 Å². The molecule has 5 nitrogen and oxygen atoms in total. The van der Waals surface area contributed by atoms with E-state index in [-0.39, 0.29) is 0 Å². The predicted octanol–water partition coefficient (Wildman–Crippen LogP) is 4.01. The van der Waals surface area contributed by atoms with Crippen molar-refractivity contribution in [3.8, 4) is 22.8 Å². The van der Waals surface area contributed by atoms with Crippen molar-refractivity contribution in [3.63, 3.8) is 0 Å². The average molecular weight is 316 g/mol. The number of fused-ring (bicyclic) bond motifs is 1. The summed E-state index contributed by atoms with van der Waals surface area (Å²) in [6, 6.07) is 15.3. The first-order valence-corrected chi connectivity index (χ1v) is 7.59. The fraction of sp³-hybridized carbons (Fsp3) is 0.0526. The molecular weight excluding hydrogens is 300 g/mol. The van der Waals surface area contributed by atoms with Crippen LogP contribution in [-0.4, -0.2) is 14.5 Å². The van der Waals surface area contributed by atoms with E-state index in [1.165, 1.54) is 0 Å². The molecule has 2 aromatic heterocycles. The van der Waals surface area contributed by atoms with Crippen LogP contribution in [0.15, 0.2) is 67.3 Å². The van der Waals surface area contributed by atoms with E-state index < -0.39 is 0 Å². The summed E-state index contributed by atoms with van der Waals surface area (Å²) in [6.07, 6.45) is 5.51. The van der Waals surface area contributed by atoms with Crippen LogP contribution >= 0.6 is 0 Å². The van der Waals surface area contributed by atoms with Gasteiger partial charge in [0.15, 0.2) is 0 Å². The van der Waals surface area contributed by atoms with Crippen molar-refractivity contribution < 1.29 is 4.74 Å². The predicted molar refractivity (Wildman–Crippen MR) is 94.9 cm³/mol. The first-order chi connectivity index (χ1) is 11.7. The van der Waals surface area contributed by atoms with E-state index in [9.17, 15) is 0 Å². The highest BCUT2D eigenvalue weighted by Gasteiger charge is 2.08. The maximum Gasteiger partial charge on any atom is 0.138 e. The molecule has 0 amide bonds. The smallest absolute Gasteiger partial charge is 0.138 e. The van der Waals surface area contributed by atoms with Crippen molar-refractivity contribution in [1.82, 2.24) is 14.5 Å². The van der Waals surface area contributed by atoms with Crippen LogP contribution in [0.5, 0.6) is 11.5 Å². The molecule has 118 valence electrons. The van der Waals surface area contributed by atoms with E-state index in [0.717, 1.165) is 33.7 Å². The van der Waals surface area contributed by atoms with Gasteiger partial charge in [0.2, 0.25) is 0 Å². The topological polar surface area (TPSA) is 66.0 Å². The van der Waals surface area contributed by atoms with Crippen molar-refractivity contribution in [3.05, 3.63) is 67.3 Å². The Balaban J connectivity index is 1.73. The number of nitrogen functional groups attached to an aromatic ring is 1. The van der Waals surface area contributed by atoms with E-state index >= 15 is 0 Å². The number of rotatable bonds is 3. The third kappa shape index (κ3) is 2.67. The third-order valence-corrected chi connectivity index (χ3v) is 3.81. The Morgan fingerprint density at radius 1 is 1.00 bits per heavy atom. The Kier molecular flexibility index (Phi) is 3.39. The Morgan fingerprint density at radius 2 is 1.83 bits per heavy atom. The van der Waals surface area contributed by atoms with E-state index in [0.29, 0.717) is 5.69 Å². The third-order valence-electron chi connectivity index (χ3n) is 3.81. The number of aryl methyl sites for hydroxylation is 1. The molecular formula is C19H16N4O. The maximum atomic E-state index is 5.98. The maximum absolute atomic E-state index is 5.98. The molecule has 24 heavy (non-hydrogen) atoms. The molecule has 4 aromatic rings. The number of nitrogens with zero attached hydrogens (tertiary/aromatic N) is 3. The summed E-state index contributed by atoms with van der Waals surface area (Å²) >= 11 is 0. The van der Waals surface area contributed by atoms with E-state index in [1.54, 1.807) is 12.5 Å². The highest BCUT2D eigenvalue weighted by atomic mass is 16.5. The van der Waals surface area contributed by atoms with E-state index in [1.807, 2.05) is 66.3 Å². The summed E-state index contributed by atoms with van der Waals surface area (Å²) in [4.78, 5) is 8.84. The number of ether oxygens (including phenoxy) is 1. The molecule has 0 saturated carbocycles. The van der Waals surface area contributed by atoms with Crippen molar-refractivity contribution in [2.75, 3.05) is 5.73 Å². The molecule has 0 aliphatic carbocycles. The van der Waals surface area contributed by atoms with E-state index in [2.05, 4.69) is 9.97 Å². The lowest BCUT2D eigenvalue weighted by Gasteiger charge is -2.09. The summed E-state index contributed by atoms with van der Waals surface area (Å²) in [5.74, 6) is 1.50. The zero-order valence-electron chi connectivity index (χ0n) is 13.2. The molecule has 4 rings (SSSR count). The van der Waals surface area contributed by atoms with Gasteiger partial charge in [-0.15, -0.1) is 0 Å². The van der Waals surface area contributed by atoms with Crippen LogP contribution in [0, 0.1) is 0 Å². The standard InChI is InChI=1S/C19H16N4O/c1-23-11-18(22-12-23)13-2-7-16-17(10-13)21-9-8-19(16)24-15-5-3-14(20)4-6-15/h2-12H,20H2,1H3. The lowest BCUT2D eigenvalue weighted by atomic mass is 10.1. The number of nitrogens with two attached hydrogens (primary N) is 1. The van der Waals surface area contributed by atoms with Crippen LogP contribution in [0.3, 0.4) is 0 Å². The number of pyridine rings is 1. The molecule has 0 saturated heterocycles. The minimum absolute atomic E-state index is 0.710. The zero-order valence-corrected chi connectivity index (χ0v) is 13.2. The lowest BCUT2D eigenvalue weighted by molar-refractivity contribution is 0.488.